The number of amides is 2. The Labute approximate surface area is 147 Å². The zero-order chi connectivity index (χ0) is 18.4. The van der Waals surface area contributed by atoms with Gasteiger partial charge >= 0.3 is 12.1 Å². The van der Waals surface area contributed by atoms with Gasteiger partial charge in [-0.1, -0.05) is 44.2 Å². The summed E-state index contributed by atoms with van der Waals surface area (Å²) in [6, 6.07) is 7.58. The van der Waals surface area contributed by atoms with Crippen LogP contribution < -0.4 is 5.32 Å². The Morgan fingerprint density at radius 3 is 2.56 bits per heavy atom. The molecule has 7 heteroatoms. The summed E-state index contributed by atoms with van der Waals surface area (Å²) in [4.78, 5) is 37.4. The lowest BCUT2D eigenvalue weighted by Crippen LogP contribution is -2.53. The van der Waals surface area contributed by atoms with E-state index in [2.05, 4.69) is 5.32 Å². The van der Waals surface area contributed by atoms with Crippen LogP contribution in [0, 0.1) is 5.92 Å². The first-order valence-corrected chi connectivity index (χ1v) is 8.40. The Morgan fingerprint density at radius 2 is 1.96 bits per heavy atom. The average molecular weight is 348 g/mol. The van der Waals surface area contributed by atoms with Crippen molar-refractivity contribution in [2.45, 2.75) is 45.4 Å². The molecule has 1 aliphatic heterocycles. The smallest absolute Gasteiger partial charge is 0.408 e. The third kappa shape index (κ3) is 4.95. The number of alkyl carbamates (subject to hydrolysis) is 1. The Morgan fingerprint density at radius 1 is 1.28 bits per heavy atom. The average Bonchev–Trinajstić information content (AvgIpc) is 3.08. The topological polar surface area (TPSA) is 95.9 Å². The van der Waals surface area contributed by atoms with E-state index in [1.165, 1.54) is 4.90 Å². The zero-order valence-corrected chi connectivity index (χ0v) is 14.5. The van der Waals surface area contributed by atoms with Crippen molar-refractivity contribution in [2.75, 3.05) is 6.54 Å². The second kappa shape index (κ2) is 8.50. The molecule has 2 N–H and O–H groups in total. The molecule has 2 atom stereocenters. The normalized spacial score (nSPS) is 18.0. The van der Waals surface area contributed by atoms with Crippen molar-refractivity contribution in [3.05, 3.63) is 35.9 Å². The molecule has 1 saturated heterocycles. The van der Waals surface area contributed by atoms with Gasteiger partial charge < -0.3 is 20.1 Å². The number of hydrogen-bond acceptors (Lipinski definition) is 4. The van der Waals surface area contributed by atoms with E-state index < -0.39 is 24.1 Å². The molecule has 0 spiro atoms. The molecule has 136 valence electrons. The number of nitrogens with one attached hydrogen (secondary N) is 1. The fourth-order valence-corrected chi connectivity index (χ4v) is 2.87. The standard InChI is InChI=1S/C18H24N2O5/c1-12(2)15(16(21)20-10-6-9-14(20)17(22)23)19-18(24)25-11-13-7-4-3-5-8-13/h3-5,7-8,12,14-15H,6,9-11H2,1-2H3,(H,19,24)(H,22,23)/t14-,15?/m0/s1. The summed E-state index contributed by atoms with van der Waals surface area (Å²) >= 11 is 0. The summed E-state index contributed by atoms with van der Waals surface area (Å²) in [6.07, 6.45) is 0.387. The monoisotopic (exact) mass is 348 g/mol. The Hall–Kier alpha value is -2.57. The molecule has 1 aromatic rings. The third-order valence-electron chi connectivity index (χ3n) is 4.24. The van der Waals surface area contributed by atoms with Gasteiger partial charge in [0.1, 0.15) is 18.7 Å². The van der Waals surface area contributed by atoms with Crippen molar-refractivity contribution >= 4 is 18.0 Å². The number of carboxylic acids is 1. The summed E-state index contributed by atoms with van der Waals surface area (Å²) in [5.41, 5.74) is 0.843. The van der Waals surface area contributed by atoms with E-state index in [9.17, 15) is 19.5 Å². The van der Waals surface area contributed by atoms with Crippen molar-refractivity contribution < 1.29 is 24.2 Å². The first kappa shape index (κ1) is 18.8. The molecule has 7 nitrogen and oxygen atoms in total. The van der Waals surface area contributed by atoms with Crippen LogP contribution in [0.5, 0.6) is 0 Å². The molecule has 2 amide bonds. The number of carboxylic acid groups (broad SMARTS) is 1. The molecule has 0 saturated carbocycles. The second-order valence-electron chi connectivity index (χ2n) is 6.46. The molecule has 0 aromatic heterocycles. The summed E-state index contributed by atoms with van der Waals surface area (Å²) in [7, 11) is 0. The van der Waals surface area contributed by atoms with Gasteiger partial charge in [0.25, 0.3) is 0 Å². The highest BCUT2D eigenvalue weighted by molar-refractivity contribution is 5.90. The number of hydrogen-bond donors (Lipinski definition) is 2. The van der Waals surface area contributed by atoms with E-state index in [1.807, 2.05) is 30.3 Å². The molecule has 0 aliphatic carbocycles. The number of carbonyl (C=O) groups is 3. The fraction of sp³-hybridized carbons (Fsp3) is 0.500. The van der Waals surface area contributed by atoms with Crippen molar-refractivity contribution in [3.8, 4) is 0 Å². The number of likely N-dealkylation sites (tertiary alicyclic amines) is 1. The predicted octanol–water partition coefficient (Wildman–Crippen LogP) is 2.01. The van der Waals surface area contributed by atoms with Crippen molar-refractivity contribution in [2.24, 2.45) is 5.92 Å². The van der Waals surface area contributed by atoms with Crippen LogP contribution in [-0.4, -0.2) is 46.6 Å². The molecule has 0 bridgehead atoms. The highest BCUT2D eigenvalue weighted by Gasteiger charge is 2.38. The van der Waals surface area contributed by atoms with Gasteiger partial charge in [-0.2, -0.15) is 0 Å². The molecule has 1 heterocycles. The Bertz CT molecular complexity index is 617. The van der Waals surface area contributed by atoms with E-state index in [-0.39, 0.29) is 18.4 Å². The number of ether oxygens (including phenoxy) is 1. The van der Waals surface area contributed by atoms with Crippen LogP contribution in [0.1, 0.15) is 32.3 Å². The molecule has 2 rings (SSSR count). The maximum absolute atomic E-state index is 12.7. The lowest BCUT2D eigenvalue weighted by atomic mass is 10.0. The number of benzene rings is 1. The minimum absolute atomic E-state index is 0.104. The summed E-state index contributed by atoms with van der Waals surface area (Å²) < 4.78 is 5.16. The first-order chi connectivity index (χ1) is 11.9. The van der Waals surface area contributed by atoms with E-state index in [0.717, 1.165) is 5.56 Å². The van der Waals surface area contributed by atoms with Gasteiger partial charge in [-0.3, -0.25) is 4.79 Å². The number of carbonyl (C=O) groups excluding carboxylic acids is 2. The SMILES string of the molecule is CC(C)C(NC(=O)OCc1ccccc1)C(=O)N1CCC[C@H]1C(=O)O. The molecule has 0 radical (unpaired) electrons. The van der Waals surface area contributed by atoms with Crippen LogP contribution in [0.2, 0.25) is 0 Å². The van der Waals surface area contributed by atoms with Gasteiger partial charge in [-0.15, -0.1) is 0 Å². The van der Waals surface area contributed by atoms with Gasteiger partial charge in [0.05, 0.1) is 0 Å². The molecular weight excluding hydrogens is 324 g/mol. The van der Waals surface area contributed by atoms with E-state index >= 15 is 0 Å². The molecular formula is C18H24N2O5. The number of nitrogens with zero attached hydrogens (tertiary/aromatic N) is 1. The zero-order valence-electron chi connectivity index (χ0n) is 14.5. The third-order valence-corrected chi connectivity index (χ3v) is 4.24. The van der Waals surface area contributed by atoms with Gasteiger partial charge in [-0.25, -0.2) is 9.59 Å². The summed E-state index contributed by atoms with van der Waals surface area (Å²) in [6.45, 7) is 4.09. The molecule has 1 aliphatic rings. The minimum atomic E-state index is -1.01. The van der Waals surface area contributed by atoms with Crippen LogP contribution in [-0.2, 0) is 20.9 Å². The van der Waals surface area contributed by atoms with Crippen molar-refractivity contribution in [3.63, 3.8) is 0 Å². The predicted molar refractivity (Wildman–Crippen MR) is 90.8 cm³/mol. The molecule has 1 fully saturated rings. The van der Waals surface area contributed by atoms with Crippen LogP contribution in [0.4, 0.5) is 4.79 Å². The number of aliphatic carboxylic acids is 1. The van der Waals surface area contributed by atoms with Gasteiger partial charge in [-0.05, 0) is 24.3 Å². The number of rotatable bonds is 6. The highest BCUT2D eigenvalue weighted by atomic mass is 16.5. The van der Waals surface area contributed by atoms with E-state index in [1.54, 1.807) is 13.8 Å². The van der Waals surface area contributed by atoms with Gasteiger partial charge in [0.2, 0.25) is 5.91 Å². The van der Waals surface area contributed by atoms with Gasteiger partial charge in [0, 0.05) is 6.54 Å². The quantitative estimate of drug-likeness (QED) is 0.820. The van der Waals surface area contributed by atoms with Crippen LogP contribution >= 0.6 is 0 Å². The van der Waals surface area contributed by atoms with Crippen LogP contribution in [0.3, 0.4) is 0 Å². The Kier molecular flexibility index (Phi) is 6.38. The summed E-state index contributed by atoms with van der Waals surface area (Å²) in [5.74, 6) is -1.58. The second-order valence-corrected chi connectivity index (χ2v) is 6.46. The Balaban J connectivity index is 1.96. The molecule has 1 unspecified atom stereocenters. The lowest BCUT2D eigenvalue weighted by Gasteiger charge is -2.29. The first-order valence-electron chi connectivity index (χ1n) is 8.40. The summed E-state index contributed by atoms with van der Waals surface area (Å²) in [5, 5.41) is 11.8. The van der Waals surface area contributed by atoms with Crippen molar-refractivity contribution in [1.29, 1.82) is 0 Å². The van der Waals surface area contributed by atoms with E-state index in [4.69, 9.17) is 4.74 Å². The highest BCUT2D eigenvalue weighted by Crippen LogP contribution is 2.20. The maximum atomic E-state index is 12.7. The van der Waals surface area contributed by atoms with Crippen molar-refractivity contribution in [1.82, 2.24) is 10.2 Å². The minimum Gasteiger partial charge on any atom is -0.480 e. The van der Waals surface area contributed by atoms with Crippen LogP contribution in [0.15, 0.2) is 30.3 Å². The van der Waals surface area contributed by atoms with Gasteiger partial charge in [0.15, 0.2) is 0 Å². The maximum Gasteiger partial charge on any atom is 0.408 e. The van der Waals surface area contributed by atoms with E-state index in [0.29, 0.717) is 19.4 Å². The van der Waals surface area contributed by atoms with Crippen LogP contribution in [0.25, 0.3) is 0 Å². The molecule has 1 aromatic carbocycles. The fourth-order valence-electron chi connectivity index (χ4n) is 2.87. The molecule has 25 heavy (non-hydrogen) atoms. The lowest BCUT2D eigenvalue weighted by molar-refractivity contribution is -0.149. The largest absolute Gasteiger partial charge is 0.480 e.